The first-order valence-corrected chi connectivity index (χ1v) is 9.13. The maximum atomic E-state index is 12.8. The third-order valence-corrected chi connectivity index (χ3v) is 4.59. The first-order chi connectivity index (χ1) is 13.6. The van der Waals surface area contributed by atoms with Gasteiger partial charge in [-0.1, -0.05) is 19.1 Å². The number of nitrogen functional groups attached to an aromatic ring is 1. The number of nitrogens with two attached hydrogens (primary N) is 1. The number of nitrogens with one attached hydrogen (secondary N) is 1. The summed E-state index contributed by atoms with van der Waals surface area (Å²) in [5.41, 5.74) is 10.1. The highest BCUT2D eigenvalue weighted by atomic mass is 16.5. The summed E-state index contributed by atoms with van der Waals surface area (Å²) in [7, 11) is 1.61. The van der Waals surface area contributed by atoms with Crippen molar-refractivity contribution in [1.82, 2.24) is 19.9 Å². The van der Waals surface area contributed by atoms with Gasteiger partial charge in [-0.15, -0.1) is 0 Å². The van der Waals surface area contributed by atoms with Crippen molar-refractivity contribution in [3.05, 3.63) is 54.1 Å². The first kappa shape index (κ1) is 17.8. The van der Waals surface area contributed by atoms with Crippen LogP contribution in [0.5, 0.6) is 5.75 Å². The molecule has 0 aliphatic rings. The van der Waals surface area contributed by atoms with Gasteiger partial charge in [-0.2, -0.15) is 0 Å². The van der Waals surface area contributed by atoms with Crippen LogP contribution in [0.4, 0.5) is 5.82 Å². The molecule has 7 heteroatoms. The summed E-state index contributed by atoms with van der Waals surface area (Å²) in [4.78, 5) is 22.3. The van der Waals surface area contributed by atoms with Crippen LogP contribution in [0.25, 0.3) is 27.9 Å². The first-order valence-electron chi connectivity index (χ1n) is 9.13. The Kier molecular flexibility index (Phi) is 4.57. The van der Waals surface area contributed by atoms with Gasteiger partial charge in [0, 0.05) is 12.2 Å². The molecule has 2 aromatic carbocycles. The second-order valence-electron chi connectivity index (χ2n) is 6.43. The minimum Gasteiger partial charge on any atom is -0.497 e. The molecule has 2 heterocycles. The molecule has 0 atom stereocenters. The van der Waals surface area contributed by atoms with Crippen LogP contribution in [0, 0.1) is 0 Å². The van der Waals surface area contributed by atoms with Crippen LogP contribution in [0.2, 0.25) is 0 Å². The lowest BCUT2D eigenvalue weighted by Gasteiger charge is -2.09. The Morgan fingerprint density at radius 1 is 1.11 bits per heavy atom. The number of carbonyl (C=O) groups excluding carboxylic acids is 1. The second kappa shape index (κ2) is 7.19. The van der Waals surface area contributed by atoms with Crippen molar-refractivity contribution in [2.24, 2.45) is 0 Å². The van der Waals surface area contributed by atoms with Crippen molar-refractivity contribution < 1.29 is 9.53 Å². The van der Waals surface area contributed by atoms with E-state index in [-0.39, 0.29) is 5.91 Å². The number of fused-ring (bicyclic) bond motifs is 2. The van der Waals surface area contributed by atoms with E-state index in [9.17, 15) is 4.79 Å². The van der Waals surface area contributed by atoms with Crippen LogP contribution in [-0.4, -0.2) is 34.1 Å². The third-order valence-electron chi connectivity index (χ3n) is 4.59. The molecule has 0 spiro atoms. The SMILES string of the molecule is CCCNC(=O)c1c(N)n(-c2ccc(OC)cc2)c2nc3ccccc3nc12. The van der Waals surface area contributed by atoms with Gasteiger partial charge in [0.1, 0.15) is 22.6 Å². The Morgan fingerprint density at radius 2 is 1.79 bits per heavy atom. The molecular formula is C21H21N5O2. The molecule has 0 saturated heterocycles. The van der Waals surface area contributed by atoms with Gasteiger partial charge in [0.15, 0.2) is 5.65 Å². The van der Waals surface area contributed by atoms with E-state index in [0.29, 0.717) is 34.6 Å². The molecule has 0 radical (unpaired) electrons. The largest absolute Gasteiger partial charge is 0.497 e. The van der Waals surface area contributed by atoms with Crippen molar-refractivity contribution in [2.75, 3.05) is 19.4 Å². The number of benzene rings is 2. The minimum absolute atomic E-state index is 0.249. The Labute approximate surface area is 162 Å². The highest BCUT2D eigenvalue weighted by molar-refractivity contribution is 6.11. The van der Waals surface area contributed by atoms with Gasteiger partial charge < -0.3 is 15.8 Å². The van der Waals surface area contributed by atoms with E-state index in [1.807, 2.05) is 55.5 Å². The average molecular weight is 375 g/mol. The molecule has 7 nitrogen and oxygen atoms in total. The number of hydrogen-bond donors (Lipinski definition) is 2. The zero-order chi connectivity index (χ0) is 19.7. The second-order valence-corrected chi connectivity index (χ2v) is 6.43. The van der Waals surface area contributed by atoms with E-state index in [0.717, 1.165) is 23.4 Å². The smallest absolute Gasteiger partial charge is 0.257 e. The zero-order valence-corrected chi connectivity index (χ0v) is 15.8. The Balaban J connectivity index is 2.00. The predicted molar refractivity (Wildman–Crippen MR) is 110 cm³/mol. The summed E-state index contributed by atoms with van der Waals surface area (Å²) in [6.45, 7) is 2.56. The molecular weight excluding hydrogens is 354 g/mol. The van der Waals surface area contributed by atoms with Crippen LogP contribution in [-0.2, 0) is 0 Å². The molecule has 1 amide bonds. The fourth-order valence-corrected chi connectivity index (χ4v) is 3.20. The topological polar surface area (TPSA) is 95.1 Å². The Bertz CT molecular complexity index is 1170. The summed E-state index contributed by atoms with van der Waals surface area (Å²) in [6, 6.07) is 15.0. The normalized spacial score (nSPS) is 11.1. The monoisotopic (exact) mass is 375 g/mol. The van der Waals surface area contributed by atoms with Crippen molar-refractivity contribution in [1.29, 1.82) is 0 Å². The summed E-state index contributed by atoms with van der Waals surface area (Å²) in [6.07, 6.45) is 0.831. The van der Waals surface area contributed by atoms with E-state index < -0.39 is 0 Å². The summed E-state index contributed by atoms with van der Waals surface area (Å²) >= 11 is 0. The van der Waals surface area contributed by atoms with Gasteiger partial charge in [0.25, 0.3) is 5.91 Å². The molecule has 142 valence electrons. The number of amides is 1. The van der Waals surface area contributed by atoms with E-state index in [4.69, 9.17) is 20.4 Å². The van der Waals surface area contributed by atoms with Gasteiger partial charge >= 0.3 is 0 Å². The highest BCUT2D eigenvalue weighted by Crippen LogP contribution is 2.31. The van der Waals surface area contributed by atoms with Crippen LogP contribution < -0.4 is 15.8 Å². The molecule has 2 aromatic heterocycles. The molecule has 0 unspecified atom stereocenters. The van der Waals surface area contributed by atoms with Gasteiger partial charge in [0.2, 0.25) is 0 Å². The summed E-state index contributed by atoms with van der Waals surface area (Å²) in [5.74, 6) is 0.793. The van der Waals surface area contributed by atoms with Crippen LogP contribution >= 0.6 is 0 Å². The fraction of sp³-hybridized carbons (Fsp3) is 0.190. The number of aromatic nitrogens is 3. The molecule has 3 N–H and O–H groups in total. The quantitative estimate of drug-likeness (QED) is 0.558. The maximum Gasteiger partial charge on any atom is 0.257 e. The fourth-order valence-electron chi connectivity index (χ4n) is 3.20. The average Bonchev–Trinajstić information content (AvgIpc) is 3.01. The summed E-state index contributed by atoms with van der Waals surface area (Å²) < 4.78 is 6.99. The van der Waals surface area contributed by atoms with E-state index in [1.165, 1.54) is 0 Å². The lowest BCUT2D eigenvalue weighted by atomic mass is 10.2. The maximum absolute atomic E-state index is 12.8. The molecule has 4 aromatic rings. The molecule has 0 fully saturated rings. The molecule has 4 rings (SSSR count). The minimum atomic E-state index is -0.249. The lowest BCUT2D eigenvalue weighted by molar-refractivity contribution is 0.0956. The number of rotatable bonds is 5. The standard InChI is InChI=1S/C21H21N5O2/c1-3-12-23-21(27)17-18-20(25-16-7-5-4-6-15(16)24-18)26(19(17)22)13-8-10-14(28-2)11-9-13/h4-11H,3,12,22H2,1-2H3,(H,23,27). The molecule has 0 saturated carbocycles. The number of nitrogens with zero attached hydrogens (tertiary/aromatic N) is 3. The van der Waals surface area contributed by atoms with Crippen molar-refractivity contribution in [3.8, 4) is 11.4 Å². The van der Waals surface area contributed by atoms with Gasteiger partial charge in [-0.25, -0.2) is 9.97 Å². The molecule has 0 aliphatic carbocycles. The van der Waals surface area contributed by atoms with E-state index in [1.54, 1.807) is 11.7 Å². The summed E-state index contributed by atoms with van der Waals surface area (Å²) in [5, 5.41) is 2.89. The van der Waals surface area contributed by atoms with Crippen molar-refractivity contribution in [3.63, 3.8) is 0 Å². The van der Waals surface area contributed by atoms with Gasteiger partial charge in [-0.3, -0.25) is 9.36 Å². The number of ether oxygens (including phenoxy) is 1. The van der Waals surface area contributed by atoms with E-state index >= 15 is 0 Å². The van der Waals surface area contributed by atoms with E-state index in [2.05, 4.69) is 5.32 Å². The number of carbonyl (C=O) groups is 1. The van der Waals surface area contributed by atoms with Crippen molar-refractivity contribution in [2.45, 2.75) is 13.3 Å². The van der Waals surface area contributed by atoms with Crippen LogP contribution in [0.1, 0.15) is 23.7 Å². The molecule has 0 bridgehead atoms. The Hall–Kier alpha value is -3.61. The predicted octanol–water partition coefficient (Wildman–Crippen LogP) is 3.30. The Morgan fingerprint density at radius 3 is 2.43 bits per heavy atom. The number of para-hydroxylation sites is 2. The van der Waals surface area contributed by atoms with Crippen LogP contribution in [0.3, 0.4) is 0 Å². The number of hydrogen-bond acceptors (Lipinski definition) is 5. The van der Waals surface area contributed by atoms with Gasteiger partial charge in [-0.05, 0) is 42.8 Å². The molecule has 28 heavy (non-hydrogen) atoms. The van der Waals surface area contributed by atoms with Crippen molar-refractivity contribution >= 4 is 33.9 Å². The third kappa shape index (κ3) is 2.90. The number of methoxy groups -OCH3 is 1. The zero-order valence-electron chi connectivity index (χ0n) is 15.8. The lowest BCUT2D eigenvalue weighted by Crippen LogP contribution is -2.25. The van der Waals surface area contributed by atoms with Gasteiger partial charge in [0.05, 0.1) is 18.1 Å². The van der Waals surface area contributed by atoms with Crippen LogP contribution in [0.15, 0.2) is 48.5 Å². The number of anilines is 1. The molecule has 0 aliphatic heterocycles. The highest BCUT2D eigenvalue weighted by Gasteiger charge is 2.24.